The number of ether oxygens (including phenoxy) is 2. The van der Waals surface area contributed by atoms with Gasteiger partial charge in [-0.1, -0.05) is 13.0 Å². The molecule has 1 N–H and O–H groups in total. The predicted molar refractivity (Wildman–Crippen MR) is 87.2 cm³/mol. The van der Waals surface area contributed by atoms with E-state index < -0.39 is 0 Å². The molecule has 0 aliphatic carbocycles. The molecule has 0 radical (unpaired) electrons. The third kappa shape index (κ3) is 7.90. The molecule has 0 bridgehead atoms. The van der Waals surface area contributed by atoms with E-state index >= 15 is 0 Å². The van der Waals surface area contributed by atoms with E-state index in [1.165, 1.54) is 6.07 Å². The Kier molecular flexibility index (Phi) is 9.83. The first-order chi connectivity index (χ1) is 10.2. The molecule has 0 amide bonds. The van der Waals surface area contributed by atoms with Crippen molar-refractivity contribution >= 4 is 15.9 Å². The molecule has 1 rings (SSSR count). The fourth-order valence-electron chi connectivity index (χ4n) is 2.05. The highest BCUT2D eigenvalue weighted by Crippen LogP contribution is 2.18. The van der Waals surface area contributed by atoms with Gasteiger partial charge in [0.25, 0.3) is 0 Å². The summed E-state index contributed by atoms with van der Waals surface area (Å²) in [7, 11) is 1.67. The van der Waals surface area contributed by atoms with Gasteiger partial charge in [0, 0.05) is 19.8 Å². The lowest BCUT2D eigenvalue weighted by atomic mass is 10.0. The summed E-state index contributed by atoms with van der Waals surface area (Å²) in [5.41, 5.74) is 1.12. The second-order valence-corrected chi connectivity index (χ2v) is 5.85. The van der Waals surface area contributed by atoms with Crippen LogP contribution < -0.4 is 5.32 Å². The Hall–Kier alpha value is -0.490. The summed E-state index contributed by atoms with van der Waals surface area (Å²) >= 11 is 3.24. The van der Waals surface area contributed by atoms with Crippen molar-refractivity contribution in [1.29, 1.82) is 0 Å². The molecular formula is C16H25BrFNO2. The third-order valence-corrected chi connectivity index (χ3v) is 3.80. The van der Waals surface area contributed by atoms with E-state index in [0.29, 0.717) is 30.3 Å². The monoisotopic (exact) mass is 361 g/mol. The fourth-order valence-corrected chi connectivity index (χ4v) is 2.47. The van der Waals surface area contributed by atoms with Crippen LogP contribution in [0.1, 0.15) is 25.3 Å². The Morgan fingerprint density at radius 3 is 2.76 bits per heavy atom. The quantitative estimate of drug-likeness (QED) is 0.611. The zero-order chi connectivity index (χ0) is 15.5. The first kappa shape index (κ1) is 18.6. The maximum atomic E-state index is 13.3. The lowest BCUT2D eigenvalue weighted by Gasteiger charge is -2.19. The molecule has 1 unspecified atom stereocenters. The largest absolute Gasteiger partial charge is 0.382 e. The molecule has 0 saturated carbocycles. The zero-order valence-electron chi connectivity index (χ0n) is 12.8. The minimum Gasteiger partial charge on any atom is -0.382 e. The molecule has 1 aromatic rings. The molecule has 0 heterocycles. The lowest BCUT2D eigenvalue weighted by Crippen LogP contribution is -2.33. The van der Waals surface area contributed by atoms with Gasteiger partial charge in [0.15, 0.2) is 0 Å². The van der Waals surface area contributed by atoms with Crippen molar-refractivity contribution in [2.24, 2.45) is 0 Å². The summed E-state index contributed by atoms with van der Waals surface area (Å²) in [5.74, 6) is -0.222. The van der Waals surface area contributed by atoms with E-state index in [2.05, 4.69) is 28.2 Å². The highest BCUT2D eigenvalue weighted by Gasteiger charge is 2.10. The van der Waals surface area contributed by atoms with Gasteiger partial charge < -0.3 is 14.8 Å². The van der Waals surface area contributed by atoms with Crippen LogP contribution in [0.2, 0.25) is 0 Å². The molecule has 0 fully saturated rings. The molecule has 120 valence electrons. The topological polar surface area (TPSA) is 30.5 Å². The van der Waals surface area contributed by atoms with Crippen molar-refractivity contribution in [3.05, 3.63) is 34.1 Å². The molecule has 0 spiro atoms. The standard InChI is InChI=1S/C16H25BrFNO2/c1-3-7-19-14(6-8-21-10-9-20-2)11-13-4-5-16(18)15(17)12-13/h4-5,12,14,19H,3,6-11H2,1-2H3. The lowest BCUT2D eigenvalue weighted by molar-refractivity contribution is 0.0658. The van der Waals surface area contributed by atoms with Crippen LogP contribution in [0.25, 0.3) is 0 Å². The minimum absolute atomic E-state index is 0.222. The highest BCUT2D eigenvalue weighted by atomic mass is 79.9. The van der Waals surface area contributed by atoms with Gasteiger partial charge in [-0.2, -0.15) is 0 Å². The smallest absolute Gasteiger partial charge is 0.137 e. The highest BCUT2D eigenvalue weighted by molar-refractivity contribution is 9.10. The van der Waals surface area contributed by atoms with Crippen LogP contribution >= 0.6 is 15.9 Å². The molecule has 3 nitrogen and oxygen atoms in total. The molecule has 0 aromatic heterocycles. The van der Waals surface area contributed by atoms with Crippen molar-refractivity contribution in [3.8, 4) is 0 Å². The first-order valence-corrected chi connectivity index (χ1v) is 8.20. The Bertz CT molecular complexity index is 404. The van der Waals surface area contributed by atoms with Crippen LogP contribution in [0, 0.1) is 5.82 Å². The van der Waals surface area contributed by atoms with Gasteiger partial charge in [-0.3, -0.25) is 0 Å². The summed E-state index contributed by atoms with van der Waals surface area (Å²) < 4.78 is 24.3. The Balaban J connectivity index is 2.46. The average Bonchev–Trinajstić information content (AvgIpc) is 2.48. The van der Waals surface area contributed by atoms with Gasteiger partial charge in [-0.05, 0) is 59.4 Å². The SMILES string of the molecule is CCCNC(CCOCCOC)Cc1ccc(F)c(Br)c1. The maximum absolute atomic E-state index is 13.3. The molecule has 0 aliphatic rings. The number of halogens is 2. The Morgan fingerprint density at radius 1 is 1.29 bits per heavy atom. The van der Waals surface area contributed by atoms with Crippen LogP contribution in [0.3, 0.4) is 0 Å². The average molecular weight is 362 g/mol. The molecular weight excluding hydrogens is 337 g/mol. The number of benzene rings is 1. The second-order valence-electron chi connectivity index (χ2n) is 5.00. The van der Waals surface area contributed by atoms with Crippen LogP contribution in [0.15, 0.2) is 22.7 Å². The zero-order valence-corrected chi connectivity index (χ0v) is 14.4. The van der Waals surface area contributed by atoms with Gasteiger partial charge in [-0.25, -0.2) is 4.39 Å². The van der Waals surface area contributed by atoms with Crippen molar-refractivity contribution in [2.75, 3.05) is 33.5 Å². The Labute approximate surface area is 135 Å². The van der Waals surface area contributed by atoms with Crippen molar-refractivity contribution < 1.29 is 13.9 Å². The van der Waals surface area contributed by atoms with Gasteiger partial charge in [0.1, 0.15) is 5.82 Å². The van der Waals surface area contributed by atoms with Gasteiger partial charge in [0.2, 0.25) is 0 Å². The number of nitrogens with one attached hydrogen (secondary N) is 1. The minimum atomic E-state index is -0.222. The van der Waals surface area contributed by atoms with E-state index in [0.717, 1.165) is 31.4 Å². The number of rotatable bonds is 11. The van der Waals surface area contributed by atoms with Gasteiger partial charge in [0.05, 0.1) is 17.7 Å². The summed E-state index contributed by atoms with van der Waals surface area (Å²) in [6, 6.07) is 5.53. The molecule has 1 aromatic carbocycles. The summed E-state index contributed by atoms with van der Waals surface area (Å²) in [5, 5.41) is 3.52. The van der Waals surface area contributed by atoms with E-state index in [1.807, 2.05) is 12.1 Å². The van der Waals surface area contributed by atoms with E-state index in [4.69, 9.17) is 9.47 Å². The molecule has 21 heavy (non-hydrogen) atoms. The molecule has 1 atom stereocenters. The Morgan fingerprint density at radius 2 is 2.10 bits per heavy atom. The molecule has 5 heteroatoms. The number of methoxy groups -OCH3 is 1. The summed E-state index contributed by atoms with van der Waals surface area (Å²) in [6.07, 6.45) is 2.89. The van der Waals surface area contributed by atoms with E-state index in [-0.39, 0.29) is 5.82 Å². The number of hydrogen-bond acceptors (Lipinski definition) is 3. The normalized spacial score (nSPS) is 12.6. The van der Waals surface area contributed by atoms with E-state index in [9.17, 15) is 4.39 Å². The van der Waals surface area contributed by atoms with Crippen molar-refractivity contribution in [2.45, 2.75) is 32.2 Å². The van der Waals surface area contributed by atoms with Gasteiger partial charge >= 0.3 is 0 Å². The molecule has 0 aliphatic heterocycles. The first-order valence-electron chi connectivity index (χ1n) is 7.41. The van der Waals surface area contributed by atoms with E-state index in [1.54, 1.807) is 7.11 Å². The maximum Gasteiger partial charge on any atom is 0.137 e. The van der Waals surface area contributed by atoms with Crippen LogP contribution in [-0.4, -0.2) is 39.5 Å². The summed E-state index contributed by atoms with van der Waals surface area (Å²) in [4.78, 5) is 0. The van der Waals surface area contributed by atoms with Crippen LogP contribution in [-0.2, 0) is 15.9 Å². The molecule has 0 saturated heterocycles. The predicted octanol–water partition coefficient (Wildman–Crippen LogP) is 3.55. The number of hydrogen-bond donors (Lipinski definition) is 1. The van der Waals surface area contributed by atoms with Crippen molar-refractivity contribution in [3.63, 3.8) is 0 Å². The third-order valence-electron chi connectivity index (χ3n) is 3.19. The van der Waals surface area contributed by atoms with Crippen LogP contribution in [0.5, 0.6) is 0 Å². The fraction of sp³-hybridized carbons (Fsp3) is 0.625. The van der Waals surface area contributed by atoms with Crippen LogP contribution in [0.4, 0.5) is 4.39 Å². The second kappa shape index (κ2) is 11.1. The van der Waals surface area contributed by atoms with Gasteiger partial charge in [-0.15, -0.1) is 0 Å². The summed E-state index contributed by atoms with van der Waals surface area (Å²) in [6.45, 7) is 5.07. The van der Waals surface area contributed by atoms with Crippen molar-refractivity contribution in [1.82, 2.24) is 5.32 Å².